The van der Waals surface area contributed by atoms with E-state index in [0.29, 0.717) is 22.8 Å². The highest BCUT2D eigenvalue weighted by Crippen LogP contribution is 2.19. The van der Waals surface area contributed by atoms with Gasteiger partial charge in [-0.25, -0.2) is 20.4 Å². The zero-order chi connectivity index (χ0) is 18.1. The van der Waals surface area contributed by atoms with Crippen LogP contribution in [0.4, 0.5) is 21.9 Å². The van der Waals surface area contributed by atoms with Crippen LogP contribution in [0.25, 0.3) is 0 Å². The van der Waals surface area contributed by atoms with Crippen molar-refractivity contribution in [2.75, 3.05) is 17.2 Å². The summed E-state index contributed by atoms with van der Waals surface area (Å²) in [5.74, 6) is 4.37. The molecule has 2 aromatic carbocycles. The Hall–Kier alpha value is -3.59. The van der Waals surface area contributed by atoms with E-state index < -0.39 is 18.6 Å². The zero-order valence-electron chi connectivity index (χ0n) is 13.1. The van der Waals surface area contributed by atoms with Gasteiger partial charge in [0.25, 0.3) is 0 Å². The Morgan fingerprint density at radius 1 is 1.12 bits per heavy atom. The van der Waals surface area contributed by atoms with E-state index in [4.69, 9.17) is 15.7 Å². The average Bonchev–Trinajstić information content (AvgIpc) is 2.58. The van der Waals surface area contributed by atoms with E-state index in [2.05, 4.69) is 21.1 Å². The van der Waals surface area contributed by atoms with Crippen molar-refractivity contribution in [2.24, 2.45) is 10.8 Å². The van der Waals surface area contributed by atoms with E-state index in [0.717, 1.165) is 0 Å². The normalized spacial score (nSPS) is 10.3. The van der Waals surface area contributed by atoms with Crippen LogP contribution in [0.2, 0.25) is 0 Å². The molecule has 0 aliphatic heterocycles. The lowest BCUT2D eigenvalue weighted by Crippen LogP contribution is -2.19. The number of rotatable bonds is 7. The minimum atomic E-state index is -1.08. The van der Waals surface area contributed by atoms with Crippen LogP contribution in [0.5, 0.6) is 5.75 Å². The summed E-state index contributed by atoms with van der Waals surface area (Å²) in [4.78, 5) is 26.6. The third-order valence-corrected chi connectivity index (χ3v) is 2.85. The van der Waals surface area contributed by atoms with Crippen LogP contribution in [0.3, 0.4) is 0 Å². The number of nitrogens with two attached hydrogens (primary N) is 1. The van der Waals surface area contributed by atoms with Crippen LogP contribution in [-0.2, 0) is 4.79 Å². The SMILES string of the molecule is NNC=Nc1cccc(NC(=O)Nc2cccc(OCC(=O)O)c2)c1. The molecular weight excluding hydrogens is 326 g/mol. The first kappa shape index (κ1) is 17.8. The van der Waals surface area contributed by atoms with Crippen molar-refractivity contribution in [2.45, 2.75) is 0 Å². The van der Waals surface area contributed by atoms with Gasteiger partial charge in [0.15, 0.2) is 6.61 Å². The third-order valence-electron chi connectivity index (χ3n) is 2.85. The van der Waals surface area contributed by atoms with E-state index in [1.165, 1.54) is 12.4 Å². The molecule has 0 heterocycles. The molecule has 0 fully saturated rings. The van der Waals surface area contributed by atoms with Crippen molar-refractivity contribution in [1.82, 2.24) is 5.43 Å². The fourth-order valence-corrected chi connectivity index (χ4v) is 1.88. The molecule has 0 saturated carbocycles. The van der Waals surface area contributed by atoms with Crippen molar-refractivity contribution in [1.29, 1.82) is 0 Å². The minimum absolute atomic E-state index is 0.339. The molecule has 6 N–H and O–H groups in total. The minimum Gasteiger partial charge on any atom is -0.482 e. The third kappa shape index (κ3) is 6.20. The van der Waals surface area contributed by atoms with Gasteiger partial charge in [-0.3, -0.25) is 0 Å². The summed E-state index contributed by atoms with van der Waals surface area (Å²) in [5.41, 5.74) is 3.91. The predicted octanol–water partition coefficient (Wildman–Crippen LogP) is 1.92. The number of nitrogens with zero attached hydrogens (tertiary/aromatic N) is 1. The standard InChI is InChI=1S/C16H17N5O4/c17-19-10-18-11-3-1-4-12(7-11)20-16(24)21-13-5-2-6-14(8-13)25-9-15(22)23/h1-8,10H,9,17H2,(H,18,19)(H,22,23)(H2,20,21,24). The second kappa shape index (κ2) is 8.89. The van der Waals surface area contributed by atoms with Crippen LogP contribution in [-0.4, -0.2) is 30.1 Å². The Morgan fingerprint density at radius 3 is 2.48 bits per heavy atom. The van der Waals surface area contributed by atoms with Gasteiger partial charge in [0.05, 0.1) is 5.69 Å². The first-order chi connectivity index (χ1) is 12.1. The van der Waals surface area contributed by atoms with Crippen LogP contribution in [0.15, 0.2) is 53.5 Å². The Morgan fingerprint density at radius 2 is 1.80 bits per heavy atom. The highest BCUT2D eigenvalue weighted by Gasteiger charge is 2.05. The van der Waals surface area contributed by atoms with Gasteiger partial charge in [0, 0.05) is 17.4 Å². The number of aliphatic carboxylic acids is 1. The Kier molecular flexibility index (Phi) is 6.32. The molecule has 0 radical (unpaired) electrons. The molecule has 2 amide bonds. The highest BCUT2D eigenvalue weighted by atomic mass is 16.5. The van der Waals surface area contributed by atoms with Gasteiger partial charge in [-0.2, -0.15) is 0 Å². The summed E-state index contributed by atoms with van der Waals surface area (Å²) >= 11 is 0. The number of hydrogen-bond acceptors (Lipinski definition) is 5. The van der Waals surface area contributed by atoms with Crippen molar-refractivity contribution in [3.05, 3.63) is 48.5 Å². The summed E-state index contributed by atoms with van der Waals surface area (Å²) < 4.78 is 5.06. The molecular formula is C16H17N5O4. The Labute approximate surface area is 143 Å². The molecule has 25 heavy (non-hydrogen) atoms. The van der Waals surface area contributed by atoms with Crippen molar-refractivity contribution in [3.8, 4) is 5.75 Å². The summed E-state index contributed by atoms with van der Waals surface area (Å²) in [6, 6.07) is 12.8. The number of urea groups is 1. The maximum absolute atomic E-state index is 12.1. The van der Waals surface area contributed by atoms with Gasteiger partial charge in [-0.05, 0) is 30.3 Å². The summed E-state index contributed by atoms with van der Waals surface area (Å²) in [6.07, 6.45) is 1.32. The van der Waals surface area contributed by atoms with Gasteiger partial charge in [0.2, 0.25) is 0 Å². The van der Waals surface area contributed by atoms with E-state index in [-0.39, 0.29) is 0 Å². The monoisotopic (exact) mass is 343 g/mol. The van der Waals surface area contributed by atoms with Crippen LogP contribution in [0.1, 0.15) is 0 Å². The molecule has 0 spiro atoms. The lowest BCUT2D eigenvalue weighted by molar-refractivity contribution is -0.139. The van der Waals surface area contributed by atoms with Crippen molar-refractivity contribution >= 4 is 35.4 Å². The lowest BCUT2D eigenvalue weighted by atomic mass is 10.3. The van der Waals surface area contributed by atoms with E-state index in [9.17, 15) is 9.59 Å². The molecule has 9 heteroatoms. The second-order valence-corrected chi connectivity index (χ2v) is 4.76. The number of hydrogen-bond donors (Lipinski definition) is 5. The fraction of sp³-hybridized carbons (Fsp3) is 0.0625. The van der Waals surface area contributed by atoms with Gasteiger partial charge >= 0.3 is 12.0 Å². The molecule has 0 unspecified atom stereocenters. The van der Waals surface area contributed by atoms with Crippen LogP contribution < -0.4 is 26.6 Å². The van der Waals surface area contributed by atoms with E-state index in [1.807, 2.05) is 0 Å². The molecule has 130 valence electrons. The lowest BCUT2D eigenvalue weighted by Gasteiger charge is -2.09. The quantitative estimate of drug-likeness (QED) is 0.225. The van der Waals surface area contributed by atoms with Crippen molar-refractivity contribution < 1.29 is 19.4 Å². The summed E-state index contributed by atoms with van der Waals surface area (Å²) in [6.45, 7) is -0.458. The topological polar surface area (TPSA) is 138 Å². The zero-order valence-corrected chi connectivity index (χ0v) is 13.1. The first-order valence-corrected chi connectivity index (χ1v) is 7.18. The predicted molar refractivity (Wildman–Crippen MR) is 94.1 cm³/mol. The molecule has 0 aliphatic carbocycles. The number of ether oxygens (including phenoxy) is 1. The number of hydrazine groups is 1. The molecule has 0 saturated heterocycles. The summed E-state index contributed by atoms with van der Waals surface area (Å²) in [7, 11) is 0. The molecule has 0 aromatic heterocycles. The Bertz CT molecular complexity index is 779. The number of anilines is 2. The molecule has 0 atom stereocenters. The van der Waals surface area contributed by atoms with Crippen LogP contribution >= 0.6 is 0 Å². The maximum atomic E-state index is 12.1. The number of nitrogens with one attached hydrogen (secondary N) is 3. The van der Waals surface area contributed by atoms with Crippen molar-refractivity contribution in [3.63, 3.8) is 0 Å². The van der Waals surface area contributed by atoms with Gasteiger partial charge in [-0.15, -0.1) is 0 Å². The fourth-order valence-electron chi connectivity index (χ4n) is 1.88. The largest absolute Gasteiger partial charge is 0.482 e. The average molecular weight is 343 g/mol. The number of amides is 2. The molecule has 2 rings (SSSR count). The first-order valence-electron chi connectivity index (χ1n) is 7.18. The second-order valence-electron chi connectivity index (χ2n) is 4.76. The van der Waals surface area contributed by atoms with Gasteiger partial charge in [-0.1, -0.05) is 12.1 Å². The van der Waals surface area contributed by atoms with Crippen LogP contribution in [0, 0.1) is 0 Å². The molecule has 0 aliphatic rings. The van der Waals surface area contributed by atoms with E-state index >= 15 is 0 Å². The number of aliphatic imine (C=N–C) groups is 1. The number of carboxylic acid groups (broad SMARTS) is 1. The summed E-state index contributed by atoms with van der Waals surface area (Å²) in [5, 5.41) is 13.9. The molecule has 2 aromatic rings. The number of carboxylic acids is 1. The van der Waals surface area contributed by atoms with Gasteiger partial charge < -0.3 is 25.9 Å². The van der Waals surface area contributed by atoms with Gasteiger partial charge in [0.1, 0.15) is 12.1 Å². The smallest absolute Gasteiger partial charge is 0.341 e. The van der Waals surface area contributed by atoms with E-state index in [1.54, 1.807) is 42.5 Å². The maximum Gasteiger partial charge on any atom is 0.341 e. The number of carbonyl (C=O) groups is 2. The Balaban J connectivity index is 1.97. The highest BCUT2D eigenvalue weighted by molar-refractivity contribution is 6.00. The molecule has 0 bridgehead atoms. The molecule has 9 nitrogen and oxygen atoms in total. The number of benzene rings is 2. The number of carbonyl (C=O) groups excluding carboxylic acids is 1.